The largest absolute Gasteiger partial charge is 0.309 e. The second-order valence-corrected chi connectivity index (χ2v) is 11.6. The Hall–Kier alpha value is -6.37. The van der Waals surface area contributed by atoms with E-state index in [4.69, 9.17) is 0 Å². The number of aromatic nitrogens is 2. The minimum atomic E-state index is 0.644. The number of para-hydroxylation sites is 4. The van der Waals surface area contributed by atoms with Gasteiger partial charge in [0.25, 0.3) is 0 Å². The molecule has 46 heavy (non-hydrogen) atoms. The van der Waals surface area contributed by atoms with E-state index in [1.54, 1.807) is 0 Å². The van der Waals surface area contributed by atoms with Crippen LogP contribution < -0.4 is 0 Å². The van der Waals surface area contributed by atoms with Crippen molar-refractivity contribution < 1.29 is 0 Å². The standard InChI is InChI=1S/C43H27N3/c44-28-30-14-12-26-42(46-40-24-9-5-19-35(40)36-20-6-10-25-41(36)46)43(30)37-21-2-1-16-32(37)29-13-11-15-31(27-29)45-38-22-7-3-17-33(38)34-18-4-8-23-39(34)45/h1-27H. The third-order valence-corrected chi connectivity index (χ3v) is 9.18. The van der Waals surface area contributed by atoms with Crippen molar-refractivity contribution in [1.82, 2.24) is 9.13 Å². The normalized spacial score (nSPS) is 11.5. The third-order valence-electron chi connectivity index (χ3n) is 9.18. The molecule has 0 aliphatic carbocycles. The van der Waals surface area contributed by atoms with E-state index in [1.807, 2.05) is 12.1 Å². The highest BCUT2D eigenvalue weighted by molar-refractivity contribution is 6.11. The molecule has 0 bridgehead atoms. The average molecular weight is 586 g/mol. The molecule has 0 radical (unpaired) electrons. The Labute approximate surface area is 266 Å². The lowest BCUT2D eigenvalue weighted by molar-refractivity contribution is 1.18. The van der Waals surface area contributed by atoms with Gasteiger partial charge in [-0.3, -0.25) is 0 Å². The molecule has 0 spiro atoms. The fourth-order valence-corrected chi connectivity index (χ4v) is 7.25. The van der Waals surface area contributed by atoms with Gasteiger partial charge in [0, 0.05) is 32.8 Å². The highest BCUT2D eigenvalue weighted by Gasteiger charge is 2.20. The Balaban J connectivity index is 1.30. The Morgan fingerprint density at radius 3 is 1.46 bits per heavy atom. The molecule has 0 saturated carbocycles. The SMILES string of the molecule is N#Cc1cccc(-n2c3ccccc3c3ccccc32)c1-c1ccccc1-c1cccc(-n2c3ccccc3c3ccccc32)c1. The van der Waals surface area contributed by atoms with Crippen molar-refractivity contribution in [3.8, 4) is 39.7 Å². The van der Waals surface area contributed by atoms with Gasteiger partial charge in [0.2, 0.25) is 0 Å². The van der Waals surface area contributed by atoms with Crippen LogP contribution in [-0.2, 0) is 0 Å². The lowest BCUT2D eigenvalue weighted by Crippen LogP contribution is -2.00. The predicted octanol–water partition coefficient (Wildman–Crippen LogP) is 11.1. The summed E-state index contributed by atoms with van der Waals surface area (Å²) in [6.45, 7) is 0. The summed E-state index contributed by atoms with van der Waals surface area (Å²) in [6, 6.07) is 60.0. The van der Waals surface area contributed by atoms with Crippen LogP contribution in [0.2, 0.25) is 0 Å². The summed E-state index contributed by atoms with van der Waals surface area (Å²) >= 11 is 0. The molecular formula is C43H27N3. The summed E-state index contributed by atoms with van der Waals surface area (Å²) in [5.41, 5.74) is 11.4. The van der Waals surface area contributed by atoms with E-state index in [0.717, 1.165) is 44.7 Å². The van der Waals surface area contributed by atoms with Crippen molar-refractivity contribution in [2.75, 3.05) is 0 Å². The van der Waals surface area contributed by atoms with Crippen LogP contribution in [0, 0.1) is 11.3 Å². The quantitative estimate of drug-likeness (QED) is 0.202. The molecule has 0 aliphatic heterocycles. The lowest BCUT2D eigenvalue weighted by Gasteiger charge is -2.19. The second-order valence-electron chi connectivity index (χ2n) is 11.6. The summed E-state index contributed by atoms with van der Waals surface area (Å²) in [5, 5.41) is 15.4. The topological polar surface area (TPSA) is 33.6 Å². The first-order chi connectivity index (χ1) is 22.8. The van der Waals surface area contributed by atoms with Crippen molar-refractivity contribution >= 4 is 43.6 Å². The maximum absolute atomic E-state index is 10.5. The molecule has 3 nitrogen and oxygen atoms in total. The molecule has 0 amide bonds. The zero-order chi connectivity index (χ0) is 30.6. The number of hydrogen-bond acceptors (Lipinski definition) is 1. The van der Waals surface area contributed by atoms with Gasteiger partial charge >= 0.3 is 0 Å². The van der Waals surface area contributed by atoms with E-state index in [1.165, 1.54) is 32.6 Å². The van der Waals surface area contributed by atoms with Gasteiger partial charge in [0.05, 0.1) is 39.4 Å². The van der Waals surface area contributed by atoms with Crippen LogP contribution in [0.25, 0.3) is 77.2 Å². The second kappa shape index (κ2) is 10.4. The minimum absolute atomic E-state index is 0.644. The van der Waals surface area contributed by atoms with Crippen molar-refractivity contribution in [3.05, 3.63) is 169 Å². The molecule has 214 valence electrons. The summed E-state index contributed by atoms with van der Waals surface area (Å²) in [5.74, 6) is 0. The molecule has 0 fully saturated rings. The van der Waals surface area contributed by atoms with Crippen LogP contribution in [0.5, 0.6) is 0 Å². The molecule has 2 aromatic heterocycles. The summed E-state index contributed by atoms with van der Waals surface area (Å²) < 4.78 is 4.66. The van der Waals surface area contributed by atoms with Crippen molar-refractivity contribution in [2.45, 2.75) is 0 Å². The third kappa shape index (κ3) is 3.84. The molecule has 3 heteroatoms. The Kier molecular flexibility index (Phi) is 5.88. The first-order valence-electron chi connectivity index (χ1n) is 15.5. The van der Waals surface area contributed by atoms with Crippen molar-refractivity contribution in [1.29, 1.82) is 5.26 Å². The van der Waals surface area contributed by atoms with Gasteiger partial charge < -0.3 is 9.13 Å². The number of benzene rings is 7. The first kappa shape index (κ1) is 26.1. The Morgan fingerprint density at radius 1 is 0.413 bits per heavy atom. The van der Waals surface area contributed by atoms with Crippen LogP contribution in [0.3, 0.4) is 0 Å². The summed E-state index contributed by atoms with van der Waals surface area (Å²) in [4.78, 5) is 0. The zero-order valence-corrected chi connectivity index (χ0v) is 24.9. The highest BCUT2D eigenvalue weighted by Crippen LogP contribution is 2.42. The van der Waals surface area contributed by atoms with E-state index in [-0.39, 0.29) is 0 Å². The average Bonchev–Trinajstić information content (AvgIpc) is 3.64. The van der Waals surface area contributed by atoms with E-state index in [2.05, 4.69) is 167 Å². The van der Waals surface area contributed by atoms with Crippen LogP contribution >= 0.6 is 0 Å². The molecule has 7 aromatic carbocycles. The van der Waals surface area contributed by atoms with Crippen LogP contribution in [0.4, 0.5) is 0 Å². The minimum Gasteiger partial charge on any atom is -0.309 e. The molecule has 0 saturated heterocycles. The molecule has 0 aliphatic rings. The molecule has 9 rings (SSSR count). The van der Waals surface area contributed by atoms with Gasteiger partial charge in [-0.2, -0.15) is 5.26 Å². The molecule has 0 unspecified atom stereocenters. The number of nitrogens with zero attached hydrogens (tertiary/aromatic N) is 3. The Bertz CT molecular complexity index is 2560. The number of fused-ring (bicyclic) bond motifs is 6. The van der Waals surface area contributed by atoms with Crippen LogP contribution in [0.15, 0.2) is 164 Å². The van der Waals surface area contributed by atoms with Gasteiger partial charge in [-0.15, -0.1) is 0 Å². The Morgan fingerprint density at radius 2 is 0.891 bits per heavy atom. The van der Waals surface area contributed by atoms with E-state index < -0.39 is 0 Å². The van der Waals surface area contributed by atoms with Gasteiger partial charge in [-0.1, -0.05) is 115 Å². The smallest absolute Gasteiger partial charge is 0.0998 e. The van der Waals surface area contributed by atoms with Gasteiger partial charge in [0.1, 0.15) is 0 Å². The van der Waals surface area contributed by atoms with Crippen molar-refractivity contribution in [2.24, 2.45) is 0 Å². The number of hydrogen-bond donors (Lipinski definition) is 0. The first-order valence-corrected chi connectivity index (χ1v) is 15.5. The van der Waals surface area contributed by atoms with E-state index in [0.29, 0.717) is 5.56 Å². The van der Waals surface area contributed by atoms with E-state index in [9.17, 15) is 5.26 Å². The lowest BCUT2D eigenvalue weighted by atomic mass is 9.90. The number of rotatable bonds is 4. The molecule has 2 heterocycles. The van der Waals surface area contributed by atoms with Gasteiger partial charge in [-0.05, 0) is 65.2 Å². The van der Waals surface area contributed by atoms with Crippen molar-refractivity contribution in [3.63, 3.8) is 0 Å². The predicted molar refractivity (Wildman–Crippen MR) is 191 cm³/mol. The molecule has 0 atom stereocenters. The maximum atomic E-state index is 10.5. The van der Waals surface area contributed by atoms with Gasteiger partial charge in [-0.25, -0.2) is 0 Å². The molecular weight excluding hydrogens is 558 g/mol. The van der Waals surface area contributed by atoms with E-state index >= 15 is 0 Å². The fraction of sp³-hybridized carbons (Fsp3) is 0. The van der Waals surface area contributed by atoms with Crippen LogP contribution in [0.1, 0.15) is 5.56 Å². The maximum Gasteiger partial charge on any atom is 0.0998 e. The fourth-order valence-electron chi connectivity index (χ4n) is 7.25. The van der Waals surface area contributed by atoms with Gasteiger partial charge in [0.15, 0.2) is 0 Å². The molecule has 9 aromatic rings. The molecule has 0 N–H and O–H groups in total. The van der Waals surface area contributed by atoms with Crippen LogP contribution in [-0.4, -0.2) is 9.13 Å². The summed E-state index contributed by atoms with van der Waals surface area (Å²) in [6.07, 6.45) is 0. The summed E-state index contributed by atoms with van der Waals surface area (Å²) in [7, 11) is 0. The number of nitriles is 1. The zero-order valence-electron chi connectivity index (χ0n) is 24.9. The monoisotopic (exact) mass is 585 g/mol. The highest BCUT2D eigenvalue weighted by atomic mass is 15.0.